The molecule has 0 heterocycles. The minimum absolute atomic E-state index is 0.0395. The van der Waals surface area contributed by atoms with Crippen LogP contribution in [0.4, 0.5) is 0 Å². The van der Waals surface area contributed by atoms with Crippen LogP contribution in [0.25, 0.3) is 0 Å². The maximum absolute atomic E-state index is 13.2. The third-order valence-electron chi connectivity index (χ3n) is 11.9. The van der Waals surface area contributed by atoms with Crippen molar-refractivity contribution >= 4 is 11.9 Å². The topological polar surface area (TPSA) is 95.9 Å². The zero-order valence-corrected chi connectivity index (χ0v) is 41.0. The lowest BCUT2D eigenvalue weighted by Crippen LogP contribution is -2.46. The molecule has 0 aliphatic heterocycles. The Morgan fingerprint density at radius 3 is 1.29 bits per heavy atom. The number of amides is 1. The lowest BCUT2D eigenvalue weighted by Gasteiger charge is -2.24. The van der Waals surface area contributed by atoms with Gasteiger partial charge in [0.15, 0.2) is 0 Å². The maximum atomic E-state index is 13.2. The molecule has 6 heteroatoms. The number of carbonyl (C=O) groups excluding carboxylic acids is 2. The molecule has 3 atom stereocenters. The molecule has 0 bridgehead atoms. The van der Waals surface area contributed by atoms with Gasteiger partial charge < -0.3 is 20.3 Å². The van der Waals surface area contributed by atoms with E-state index in [-0.39, 0.29) is 24.9 Å². The zero-order chi connectivity index (χ0) is 45.2. The molecule has 3 N–H and O–H groups in total. The van der Waals surface area contributed by atoms with Crippen LogP contribution < -0.4 is 5.32 Å². The van der Waals surface area contributed by atoms with E-state index in [1.807, 2.05) is 0 Å². The van der Waals surface area contributed by atoms with Gasteiger partial charge in [0, 0.05) is 6.42 Å². The summed E-state index contributed by atoms with van der Waals surface area (Å²) in [6.07, 6.45) is 61.4. The first-order valence-corrected chi connectivity index (χ1v) is 26.5. The SMILES string of the molecule is CC/C=C\C/C=C\C/C=C\C/C=C\C/C=C\CCCC(CC(=O)NC(CO)C(O)CCCCCCCCCCCC)OC(=O)CCCCCCCCCCCCCCCCCC. The molecule has 0 fully saturated rings. The molecule has 3 unspecified atom stereocenters. The van der Waals surface area contributed by atoms with Crippen LogP contribution in [0.1, 0.15) is 258 Å². The normalized spacial score (nSPS) is 13.7. The molecule has 360 valence electrons. The minimum Gasteiger partial charge on any atom is -0.462 e. The average Bonchev–Trinajstić information content (AvgIpc) is 3.26. The van der Waals surface area contributed by atoms with Gasteiger partial charge >= 0.3 is 5.97 Å². The van der Waals surface area contributed by atoms with E-state index >= 15 is 0 Å². The molecule has 62 heavy (non-hydrogen) atoms. The third-order valence-corrected chi connectivity index (χ3v) is 11.9. The highest BCUT2D eigenvalue weighted by Gasteiger charge is 2.24. The summed E-state index contributed by atoms with van der Waals surface area (Å²) in [7, 11) is 0. The number of allylic oxidation sites excluding steroid dienone is 10. The van der Waals surface area contributed by atoms with E-state index in [2.05, 4.69) is 86.8 Å². The molecule has 6 nitrogen and oxygen atoms in total. The second-order valence-corrected chi connectivity index (χ2v) is 17.9. The number of hydrogen-bond acceptors (Lipinski definition) is 5. The fraction of sp³-hybridized carbons (Fsp3) is 0.786. The van der Waals surface area contributed by atoms with Crippen LogP contribution in [0.3, 0.4) is 0 Å². The van der Waals surface area contributed by atoms with Crippen LogP contribution in [-0.2, 0) is 14.3 Å². The van der Waals surface area contributed by atoms with Crippen LogP contribution in [-0.4, -0.2) is 46.9 Å². The van der Waals surface area contributed by atoms with Gasteiger partial charge in [0.1, 0.15) is 6.10 Å². The number of ether oxygens (including phenoxy) is 1. The zero-order valence-electron chi connectivity index (χ0n) is 41.0. The predicted octanol–water partition coefficient (Wildman–Crippen LogP) is 16.0. The van der Waals surface area contributed by atoms with Gasteiger partial charge in [-0.05, 0) is 64.2 Å². The molecular formula is C56H101NO5. The van der Waals surface area contributed by atoms with Crippen molar-refractivity contribution in [2.24, 2.45) is 0 Å². The van der Waals surface area contributed by atoms with Gasteiger partial charge in [0.05, 0.1) is 25.2 Å². The number of hydrogen-bond donors (Lipinski definition) is 3. The second-order valence-electron chi connectivity index (χ2n) is 17.9. The summed E-state index contributed by atoms with van der Waals surface area (Å²) in [6, 6.07) is -0.719. The van der Waals surface area contributed by atoms with Crippen molar-refractivity contribution in [1.29, 1.82) is 0 Å². The van der Waals surface area contributed by atoms with Gasteiger partial charge in [-0.25, -0.2) is 0 Å². The van der Waals surface area contributed by atoms with Crippen molar-refractivity contribution in [3.63, 3.8) is 0 Å². The van der Waals surface area contributed by atoms with E-state index in [4.69, 9.17) is 4.74 Å². The standard InChI is InChI=1S/C56H101NO5/c1-4-7-10-13-16-19-22-24-26-28-29-31-33-35-38-41-44-47-52(50-55(60)57-53(51-58)54(59)48-45-42-39-36-21-18-15-12-9-6-3)62-56(61)49-46-43-40-37-34-32-30-27-25-23-20-17-14-11-8-5-2/h7,10,16,19,24,26,29,31,35,38,52-54,58-59H,4-6,8-9,11-15,17-18,20-23,25,27-28,30,32-34,36-37,39-51H2,1-3H3,(H,57,60)/b10-7-,19-16-,26-24-,31-29-,38-35-. The highest BCUT2D eigenvalue weighted by Crippen LogP contribution is 2.17. The van der Waals surface area contributed by atoms with Crippen LogP contribution in [0, 0.1) is 0 Å². The fourth-order valence-electron chi connectivity index (χ4n) is 7.87. The molecule has 0 aromatic rings. The molecule has 0 radical (unpaired) electrons. The lowest BCUT2D eigenvalue weighted by atomic mass is 10.0. The molecular weight excluding hydrogens is 767 g/mol. The summed E-state index contributed by atoms with van der Waals surface area (Å²) in [5.41, 5.74) is 0. The number of esters is 1. The summed E-state index contributed by atoms with van der Waals surface area (Å²) in [6.45, 7) is 6.35. The lowest BCUT2D eigenvalue weighted by molar-refractivity contribution is -0.151. The number of carbonyl (C=O) groups is 2. The van der Waals surface area contributed by atoms with Gasteiger partial charge in [-0.15, -0.1) is 0 Å². The maximum Gasteiger partial charge on any atom is 0.306 e. The van der Waals surface area contributed by atoms with Gasteiger partial charge in [-0.3, -0.25) is 9.59 Å². The molecule has 0 spiro atoms. The van der Waals surface area contributed by atoms with Crippen molar-refractivity contribution in [3.05, 3.63) is 60.8 Å². The highest BCUT2D eigenvalue weighted by atomic mass is 16.5. The number of aliphatic hydroxyl groups excluding tert-OH is 2. The monoisotopic (exact) mass is 868 g/mol. The molecule has 1 amide bonds. The van der Waals surface area contributed by atoms with Gasteiger partial charge in [0.25, 0.3) is 0 Å². The van der Waals surface area contributed by atoms with E-state index in [0.717, 1.165) is 83.5 Å². The third kappa shape index (κ3) is 44.2. The van der Waals surface area contributed by atoms with Gasteiger partial charge in [0.2, 0.25) is 5.91 Å². The summed E-state index contributed by atoms with van der Waals surface area (Å²) in [5, 5.41) is 23.7. The van der Waals surface area contributed by atoms with Crippen molar-refractivity contribution in [1.82, 2.24) is 5.32 Å². The summed E-state index contributed by atoms with van der Waals surface area (Å²) in [5.74, 6) is -0.524. The van der Waals surface area contributed by atoms with Crippen LogP contribution in [0.15, 0.2) is 60.8 Å². The molecule has 0 rings (SSSR count). The summed E-state index contributed by atoms with van der Waals surface area (Å²) >= 11 is 0. The molecule has 0 saturated carbocycles. The van der Waals surface area contributed by atoms with Gasteiger partial charge in [-0.1, -0.05) is 242 Å². The Balaban J connectivity index is 4.67. The molecule has 0 aromatic carbocycles. The first-order chi connectivity index (χ1) is 30.5. The Hall–Kier alpha value is -2.44. The van der Waals surface area contributed by atoms with Crippen molar-refractivity contribution in [2.45, 2.75) is 277 Å². The first kappa shape index (κ1) is 59.6. The quantitative estimate of drug-likeness (QED) is 0.0322. The Bertz CT molecular complexity index is 1110. The van der Waals surface area contributed by atoms with Crippen molar-refractivity contribution in [3.8, 4) is 0 Å². The van der Waals surface area contributed by atoms with Crippen molar-refractivity contribution < 1.29 is 24.5 Å². The molecule has 0 aliphatic carbocycles. The second kappa shape index (κ2) is 49.6. The number of nitrogens with one attached hydrogen (secondary N) is 1. The van der Waals surface area contributed by atoms with Gasteiger partial charge in [-0.2, -0.15) is 0 Å². The Kier molecular flexibility index (Phi) is 47.6. The number of unbranched alkanes of at least 4 members (excludes halogenated alkanes) is 25. The minimum atomic E-state index is -0.802. The summed E-state index contributed by atoms with van der Waals surface area (Å²) in [4.78, 5) is 26.2. The Morgan fingerprint density at radius 1 is 0.484 bits per heavy atom. The van der Waals surface area contributed by atoms with E-state index in [0.29, 0.717) is 19.3 Å². The molecule has 0 aliphatic rings. The highest BCUT2D eigenvalue weighted by molar-refractivity contribution is 5.77. The van der Waals surface area contributed by atoms with E-state index in [1.165, 1.54) is 128 Å². The Morgan fingerprint density at radius 2 is 0.871 bits per heavy atom. The van der Waals surface area contributed by atoms with Crippen LogP contribution in [0.5, 0.6) is 0 Å². The van der Waals surface area contributed by atoms with E-state index in [9.17, 15) is 19.8 Å². The number of aliphatic hydroxyl groups is 2. The average molecular weight is 868 g/mol. The largest absolute Gasteiger partial charge is 0.462 e. The first-order valence-electron chi connectivity index (χ1n) is 26.5. The van der Waals surface area contributed by atoms with E-state index in [1.54, 1.807) is 0 Å². The Labute approximate surface area is 384 Å². The fourth-order valence-corrected chi connectivity index (χ4v) is 7.87. The summed E-state index contributed by atoms with van der Waals surface area (Å²) < 4.78 is 5.92. The molecule has 0 aromatic heterocycles. The van der Waals surface area contributed by atoms with Crippen molar-refractivity contribution in [2.75, 3.05) is 6.61 Å². The van der Waals surface area contributed by atoms with Crippen LogP contribution in [0.2, 0.25) is 0 Å². The van der Waals surface area contributed by atoms with Crippen LogP contribution >= 0.6 is 0 Å². The number of rotatable bonds is 47. The van der Waals surface area contributed by atoms with E-state index < -0.39 is 18.2 Å². The predicted molar refractivity (Wildman–Crippen MR) is 268 cm³/mol. The molecule has 0 saturated heterocycles. The smallest absolute Gasteiger partial charge is 0.306 e.